The van der Waals surface area contributed by atoms with Crippen molar-refractivity contribution in [1.29, 1.82) is 0 Å². The van der Waals surface area contributed by atoms with Gasteiger partial charge in [0.25, 0.3) is 0 Å². The van der Waals surface area contributed by atoms with Crippen molar-refractivity contribution in [1.82, 2.24) is 0 Å². The molecule has 0 aromatic heterocycles. The number of aliphatic carboxylic acids is 1. The van der Waals surface area contributed by atoms with E-state index in [9.17, 15) is 9.90 Å². The van der Waals surface area contributed by atoms with Crippen LogP contribution in [-0.4, -0.2) is 28.9 Å². The molecule has 47 valence electrons. The minimum atomic E-state index is -1.23. The van der Waals surface area contributed by atoms with Gasteiger partial charge in [-0.2, -0.15) is 0 Å². The van der Waals surface area contributed by atoms with Gasteiger partial charge in [0.05, 0.1) is 12.5 Å². The lowest BCUT2D eigenvalue weighted by molar-refractivity contribution is -0.140. The first-order valence-corrected chi connectivity index (χ1v) is 2.14. The summed E-state index contributed by atoms with van der Waals surface area (Å²) in [6.07, 6.45) is -1.68. The molecule has 0 bridgehead atoms. The Balaban J connectivity index is 3.24. The van der Waals surface area contributed by atoms with Crippen molar-refractivity contribution >= 4 is 5.97 Å². The predicted molar refractivity (Wildman–Crippen MR) is 23.8 cm³/mol. The second kappa shape index (κ2) is 3.40. The fraction of sp³-hybridized carbons (Fsp3) is 0.750. The standard InChI is InChI=1S/C4H7O4/c5-2-3(6)1-4(7)8/h3,6H,1-2H2,(H,7,8). The van der Waals surface area contributed by atoms with Crippen LogP contribution in [0, 0.1) is 0 Å². The number of aliphatic hydroxyl groups is 1. The van der Waals surface area contributed by atoms with Crippen molar-refractivity contribution < 1.29 is 20.1 Å². The molecule has 1 atom stereocenters. The molecule has 0 saturated heterocycles. The molecule has 4 heteroatoms. The molecule has 0 aliphatic rings. The fourth-order valence-corrected chi connectivity index (χ4v) is 0.260. The maximum atomic E-state index is 9.67. The summed E-state index contributed by atoms with van der Waals surface area (Å²) in [4.78, 5) is 9.67. The number of hydrogen-bond acceptors (Lipinski definition) is 2. The average Bonchev–Trinajstić information content (AvgIpc) is 1.65. The summed E-state index contributed by atoms with van der Waals surface area (Å²) in [5, 5.41) is 25.9. The van der Waals surface area contributed by atoms with E-state index >= 15 is 0 Å². The average molecular weight is 119 g/mol. The van der Waals surface area contributed by atoms with Crippen LogP contribution >= 0.6 is 0 Å². The van der Waals surface area contributed by atoms with Gasteiger partial charge in [-0.25, -0.2) is 5.11 Å². The number of carboxylic acid groups (broad SMARTS) is 1. The van der Waals surface area contributed by atoms with E-state index in [1.807, 2.05) is 0 Å². The highest BCUT2D eigenvalue weighted by molar-refractivity contribution is 5.67. The van der Waals surface area contributed by atoms with Crippen LogP contribution in [0.15, 0.2) is 0 Å². The Morgan fingerprint density at radius 2 is 2.12 bits per heavy atom. The number of carbonyl (C=O) groups is 1. The van der Waals surface area contributed by atoms with Crippen molar-refractivity contribution in [3.8, 4) is 0 Å². The number of rotatable bonds is 3. The monoisotopic (exact) mass is 119 g/mol. The third kappa shape index (κ3) is 3.58. The molecule has 0 aliphatic carbocycles. The lowest BCUT2D eigenvalue weighted by Crippen LogP contribution is -2.15. The van der Waals surface area contributed by atoms with Crippen molar-refractivity contribution in [2.45, 2.75) is 12.5 Å². The molecule has 0 aromatic rings. The van der Waals surface area contributed by atoms with Gasteiger partial charge in [0.2, 0.25) is 0 Å². The summed E-state index contributed by atoms with van der Waals surface area (Å²) >= 11 is 0. The van der Waals surface area contributed by atoms with Crippen molar-refractivity contribution in [3.05, 3.63) is 0 Å². The molecule has 0 saturated carbocycles. The van der Waals surface area contributed by atoms with Crippen LogP contribution in [0.25, 0.3) is 0 Å². The third-order valence-corrected chi connectivity index (χ3v) is 0.603. The van der Waals surface area contributed by atoms with Crippen LogP contribution in [0.1, 0.15) is 6.42 Å². The molecular formula is C4H7O4. The Bertz CT molecular complexity index is 80.1. The zero-order chi connectivity index (χ0) is 6.57. The highest BCUT2D eigenvalue weighted by Crippen LogP contribution is 1.87. The van der Waals surface area contributed by atoms with Gasteiger partial charge in [0, 0.05) is 0 Å². The summed E-state index contributed by atoms with van der Waals surface area (Å²) in [6, 6.07) is 0. The Morgan fingerprint density at radius 3 is 2.25 bits per heavy atom. The van der Waals surface area contributed by atoms with Crippen LogP contribution in [0.3, 0.4) is 0 Å². The Labute approximate surface area is 46.4 Å². The Hall–Kier alpha value is -0.610. The summed E-state index contributed by atoms with van der Waals surface area (Å²) in [5.74, 6) is -1.15. The van der Waals surface area contributed by atoms with E-state index in [4.69, 9.17) is 10.2 Å². The lowest BCUT2D eigenvalue weighted by Gasteiger charge is -1.97. The topological polar surface area (TPSA) is 77.4 Å². The molecule has 0 aliphatic heterocycles. The molecule has 0 rings (SSSR count). The smallest absolute Gasteiger partial charge is 0.306 e. The molecule has 2 N–H and O–H groups in total. The predicted octanol–water partition coefficient (Wildman–Crippen LogP) is -0.747. The second-order valence-electron chi connectivity index (χ2n) is 1.42. The maximum absolute atomic E-state index is 9.67. The van der Waals surface area contributed by atoms with E-state index in [-0.39, 0.29) is 0 Å². The molecule has 8 heavy (non-hydrogen) atoms. The molecule has 0 aromatic carbocycles. The van der Waals surface area contributed by atoms with Crippen molar-refractivity contribution in [2.24, 2.45) is 0 Å². The second-order valence-corrected chi connectivity index (χ2v) is 1.42. The zero-order valence-electron chi connectivity index (χ0n) is 4.20. The highest BCUT2D eigenvalue weighted by Gasteiger charge is 2.06. The molecule has 0 spiro atoms. The van der Waals surface area contributed by atoms with E-state index in [1.165, 1.54) is 0 Å². The van der Waals surface area contributed by atoms with E-state index in [1.54, 1.807) is 0 Å². The summed E-state index contributed by atoms with van der Waals surface area (Å²) in [5.41, 5.74) is 0. The van der Waals surface area contributed by atoms with E-state index in [0.29, 0.717) is 0 Å². The molecular weight excluding hydrogens is 112 g/mol. The first-order chi connectivity index (χ1) is 3.66. The van der Waals surface area contributed by atoms with Gasteiger partial charge in [-0.1, -0.05) is 0 Å². The van der Waals surface area contributed by atoms with Gasteiger partial charge < -0.3 is 10.2 Å². The van der Waals surface area contributed by atoms with Gasteiger partial charge in [-0.05, 0) is 0 Å². The molecule has 0 fully saturated rings. The largest absolute Gasteiger partial charge is 0.481 e. The minimum absolute atomic E-state index is 0.455. The molecule has 4 nitrogen and oxygen atoms in total. The van der Waals surface area contributed by atoms with Crippen LogP contribution in [0.2, 0.25) is 0 Å². The van der Waals surface area contributed by atoms with Crippen LogP contribution in [0.5, 0.6) is 0 Å². The van der Waals surface area contributed by atoms with Gasteiger partial charge in [-0.3, -0.25) is 4.79 Å². The molecule has 1 radical (unpaired) electrons. The fourth-order valence-electron chi connectivity index (χ4n) is 0.260. The minimum Gasteiger partial charge on any atom is -0.481 e. The van der Waals surface area contributed by atoms with Crippen molar-refractivity contribution in [2.75, 3.05) is 6.61 Å². The number of aliphatic hydroxyl groups excluding tert-OH is 1. The highest BCUT2D eigenvalue weighted by atomic mass is 16.4. The first kappa shape index (κ1) is 7.39. The van der Waals surface area contributed by atoms with E-state index in [0.717, 1.165) is 0 Å². The third-order valence-electron chi connectivity index (χ3n) is 0.603. The molecule has 0 heterocycles. The lowest BCUT2D eigenvalue weighted by atomic mass is 10.3. The molecule has 0 amide bonds. The van der Waals surface area contributed by atoms with Crippen LogP contribution < -0.4 is 0 Å². The van der Waals surface area contributed by atoms with Gasteiger partial charge in [0.15, 0.2) is 0 Å². The summed E-state index contributed by atoms with van der Waals surface area (Å²) in [7, 11) is 0. The maximum Gasteiger partial charge on any atom is 0.306 e. The first-order valence-electron chi connectivity index (χ1n) is 2.14. The normalized spacial score (nSPS) is 13.2. The number of hydrogen-bond donors (Lipinski definition) is 2. The van der Waals surface area contributed by atoms with E-state index in [2.05, 4.69) is 0 Å². The zero-order valence-corrected chi connectivity index (χ0v) is 4.20. The van der Waals surface area contributed by atoms with Gasteiger partial charge in [0.1, 0.15) is 6.61 Å². The Kier molecular flexibility index (Phi) is 3.14. The van der Waals surface area contributed by atoms with Crippen molar-refractivity contribution in [3.63, 3.8) is 0 Å². The summed E-state index contributed by atoms with van der Waals surface area (Å²) in [6.45, 7) is -0.744. The quantitative estimate of drug-likeness (QED) is 0.513. The SMILES string of the molecule is [O]CC(O)CC(=O)O. The van der Waals surface area contributed by atoms with Gasteiger partial charge >= 0.3 is 5.97 Å². The summed E-state index contributed by atoms with van der Waals surface area (Å²) < 4.78 is 0. The van der Waals surface area contributed by atoms with Crippen LogP contribution in [-0.2, 0) is 9.90 Å². The molecule has 1 unspecified atom stereocenters. The Morgan fingerprint density at radius 1 is 1.62 bits per heavy atom. The van der Waals surface area contributed by atoms with Gasteiger partial charge in [-0.15, -0.1) is 0 Å². The number of carboxylic acids is 1. The van der Waals surface area contributed by atoms with E-state index < -0.39 is 25.1 Å². The van der Waals surface area contributed by atoms with Crippen LogP contribution in [0.4, 0.5) is 0 Å².